The van der Waals surface area contributed by atoms with Crippen molar-refractivity contribution in [1.29, 1.82) is 0 Å². The molecule has 12 heteroatoms. The van der Waals surface area contributed by atoms with Crippen LogP contribution in [0.2, 0.25) is 0 Å². The molecule has 0 radical (unpaired) electrons. The van der Waals surface area contributed by atoms with Gasteiger partial charge in [-0.25, -0.2) is 16.8 Å². The lowest BCUT2D eigenvalue weighted by Crippen LogP contribution is -2.30. The third kappa shape index (κ3) is 7.84. The van der Waals surface area contributed by atoms with Crippen molar-refractivity contribution in [1.82, 2.24) is 8.61 Å². The van der Waals surface area contributed by atoms with Crippen molar-refractivity contribution < 1.29 is 26.4 Å². The molecule has 10 nitrogen and oxygen atoms in total. The van der Waals surface area contributed by atoms with Gasteiger partial charge >= 0.3 is 0 Å². The van der Waals surface area contributed by atoms with Gasteiger partial charge in [0, 0.05) is 48.7 Å². The van der Waals surface area contributed by atoms with Crippen molar-refractivity contribution in [2.45, 2.75) is 51.3 Å². The molecule has 2 amide bonds. The van der Waals surface area contributed by atoms with Gasteiger partial charge in [-0.2, -0.15) is 8.61 Å². The number of sulfonamides is 2. The highest BCUT2D eigenvalue weighted by atomic mass is 32.2. The molecule has 0 fully saturated rings. The zero-order chi connectivity index (χ0) is 35.2. The van der Waals surface area contributed by atoms with Crippen molar-refractivity contribution in [3.8, 4) is 11.1 Å². The lowest BCUT2D eigenvalue weighted by molar-refractivity contribution is 0.101. The summed E-state index contributed by atoms with van der Waals surface area (Å²) in [7, 11) is -7.23. The number of carbonyl (C=O) groups is 2. The van der Waals surface area contributed by atoms with Crippen LogP contribution in [0.3, 0.4) is 0 Å². The fourth-order valence-corrected chi connectivity index (χ4v) is 8.25. The summed E-state index contributed by atoms with van der Waals surface area (Å²) in [5, 5.41) is 5.81. The molecular weight excluding hydrogens is 649 g/mol. The van der Waals surface area contributed by atoms with Gasteiger partial charge in [0.05, 0.1) is 9.79 Å². The number of nitrogens with one attached hydrogen (secondary N) is 2. The van der Waals surface area contributed by atoms with Gasteiger partial charge in [0.2, 0.25) is 20.0 Å². The number of rotatable bonds is 13. The lowest BCUT2D eigenvalue weighted by Gasteiger charge is -2.18. The van der Waals surface area contributed by atoms with E-state index in [4.69, 9.17) is 0 Å². The second kappa shape index (κ2) is 15.2. The highest BCUT2D eigenvalue weighted by Gasteiger charge is 2.23. The minimum Gasteiger partial charge on any atom is -0.322 e. The summed E-state index contributed by atoms with van der Waals surface area (Å²) in [6.45, 7) is 12.3. The van der Waals surface area contributed by atoms with Gasteiger partial charge in [-0.3, -0.25) is 9.59 Å². The lowest BCUT2D eigenvalue weighted by atomic mass is 9.99. The molecule has 4 rings (SSSR count). The Hall–Kier alpha value is -4.36. The molecule has 0 saturated carbocycles. The standard InChI is InChI=1S/C36H42N4O6S2/c1-7-39(8-2)47(43,44)31-17-11-27(12-18-31)35(41)37-33-21-15-29(23-25(33)5)30-16-22-34(26(6)24-30)38-36(42)28-13-19-32(20-14-28)48(45,46)40(9-3)10-4/h11-24H,7-10H2,1-6H3,(H,37,41)(H,38,42). The van der Waals surface area contributed by atoms with E-state index < -0.39 is 20.0 Å². The first-order chi connectivity index (χ1) is 22.8. The highest BCUT2D eigenvalue weighted by molar-refractivity contribution is 7.89. The van der Waals surface area contributed by atoms with Crippen LogP contribution in [0.25, 0.3) is 11.1 Å². The Morgan fingerprint density at radius 1 is 0.521 bits per heavy atom. The first kappa shape index (κ1) is 36.5. The van der Waals surface area contributed by atoms with Crippen molar-refractivity contribution >= 4 is 43.2 Å². The third-order valence-corrected chi connectivity index (χ3v) is 12.3. The Bertz CT molecular complexity index is 1860. The number of hydrogen-bond donors (Lipinski definition) is 2. The highest BCUT2D eigenvalue weighted by Crippen LogP contribution is 2.29. The molecule has 0 aromatic heterocycles. The maximum atomic E-state index is 13.0. The third-order valence-electron chi connectivity index (χ3n) is 8.20. The monoisotopic (exact) mass is 690 g/mol. The Balaban J connectivity index is 1.43. The molecule has 0 bridgehead atoms. The predicted molar refractivity (Wildman–Crippen MR) is 190 cm³/mol. The van der Waals surface area contributed by atoms with E-state index in [0.717, 1.165) is 22.3 Å². The van der Waals surface area contributed by atoms with Crippen molar-refractivity contribution in [3.63, 3.8) is 0 Å². The maximum Gasteiger partial charge on any atom is 0.255 e. The van der Waals surface area contributed by atoms with Crippen molar-refractivity contribution in [3.05, 3.63) is 107 Å². The summed E-state index contributed by atoms with van der Waals surface area (Å²) in [5.41, 5.74) is 5.44. The molecule has 4 aromatic rings. The minimum absolute atomic E-state index is 0.141. The second-order valence-electron chi connectivity index (χ2n) is 11.2. The summed E-state index contributed by atoms with van der Waals surface area (Å²) in [4.78, 5) is 26.2. The number of amides is 2. The van der Waals surface area contributed by atoms with Crippen molar-refractivity contribution in [2.24, 2.45) is 0 Å². The van der Waals surface area contributed by atoms with E-state index in [1.54, 1.807) is 27.7 Å². The Kier molecular flexibility index (Phi) is 11.6. The van der Waals surface area contributed by atoms with Crippen LogP contribution in [0.5, 0.6) is 0 Å². The number of aryl methyl sites for hydroxylation is 2. The zero-order valence-corrected chi connectivity index (χ0v) is 29.7. The number of nitrogens with zero attached hydrogens (tertiary/aromatic N) is 2. The fourth-order valence-electron chi connectivity index (χ4n) is 5.34. The van der Waals surface area contributed by atoms with Gasteiger partial charge < -0.3 is 10.6 Å². The maximum absolute atomic E-state index is 13.0. The van der Waals surface area contributed by atoms with Crippen LogP contribution < -0.4 is 10.6 Å². The van der Waals surface area contributed by atoms with Crippen molar-refractivity contribution in [2.75, 3.05) is 36.8 Å². The molecule has 0 saturated heterocycles. The molecule has 0 aliphatic heterocycles. The number of hydrogen-bond acceptors (Lipinski definition) is 6. The Labute approximate surface area is 283 Å². The smallest absolute Gasteiger partial charge is 0.255 e. The molecular formula is C36H42N4O6S2. The summed E-state index contributed by atoms with van der Waals surface area (Å²) in [6.07, 6.45) is 0. The van der Waals surface area contributed by atoms with Crippen LogP contribution in [-0.4, -0.2) is 63.4 Å². The van der Waals surface area contributed by atoms with Crippen LogP contribution in [0.4, 0.5) is 11.4 Å². The van der Waals surface area contributed by atoms with Gasteiger partial charge in [0.15, 0.2) is 0 Å². The Morgan fingerprint density at radius 2 is 0.833 bits per heavy atom. The quantitative estimate of drug-likeness (QED) is 0.164. The normalized spacial score (nSPS) is 11.9. The SMILES string of the molecule is CCN(CC)S(=O)(=O)c1ccc(C(=O)Nc2ccc(-c3ccc(NC(=O)c4ccc(S(=O)(=O)N(CC)CC)cc4)c(C)c3)cc2C)cc1. The van der Waals surface area contributed by atoms with Gasteiger partial charge in [-0.15, -0.1) is 0 Å². The van der Waals surface area contributed by atoms with E-state index in [9.17, 15) is 26.4 Å². The summed E-state index contributed by atoms with van der Waals surface area (Å²) < 4.78 is 53.8. The molecule has 0 unspecified atom stereocenters. The van der Waals surface area contributed by atoms with E-state index in [1.165, 1.54) is 57.1 Å². The average molecular weight is 691 g/mol. The largest absolute Gasteiger partial charge is 0.322 e. The summed E-state index contributed by atoms with van der Waals surface area (Å²) >= 11 is 0. The van der Waals surface area contributed by atoms with Gasteiger partial charge in [-0.1, -0.05) is 39.8 Å². The molecule has 254 valence electrons. The van der Waals surface area contributed by atoms with Gasteiger partial charge in [0.1, 0.15) is 0 Å². The van der Waals surface area contributed by atoms with Crippen LogP contribution in [0.1, 0.15) is 59.5 Å². The van der Waals surface area contributed by atoms with E-state index in [2.05, 4.69) is 10.6 Å². The van der Waals surface area contributed by atoms with E-state index in [1.807, 2.05) is 50.2 Å². The molecule has 0 heterocycles. The molecule has 0 aliphatic carbocycles. The van der Waals surface area contributed by atoms with Crippen LogP contribution in [-0.2, 0) is 20.0 Å². The Morgan fingerprint density at radius 3 is 1.10 bits per heavy atom. The summed E-state index contributed by atoms with van der Waals surface area (Å²) in [6, 6.07) is 23.1. The number of benzene rings is 4. The van der Waals surface area contributed by atoms with Crippen LogP contribution in [0, 0.1) is 13.8 Å². The molecule has 2 N–H and O–H groups in total. The van der Waals surface area contributed by atoms with Gasteiger partial charge in [0.25, 0.3) is 11.8 Å². The first-order valence-corrected chi connectivity index (χ1v) is 18.7. The molecule has 48 heavy (non-hydrogen) atoms. The molecule has 4 aromatic carbocycles. The molecule has 0 atom stereocenters. The van der Waals surface area contributed by atoms with E-state index >= 15 is 0 Å². The van der Waals surface area contributed by atoms with E-state index in [0.29, 0.717) is 48.7 Å². The molecule has 0 spiro atoms. The summed E-state index contributed by atoms with van der Waals surface area (Å²) in [5.74, 6) is -0.706. The second-order valence-corrected chi connectivity index (χ2v) is 15.1. The topological polar surface area (TPSA) is 133 Å². The fraction of sp³-hybridized carbons (Fsp3) is 0.278. The zero-order valence-electron chi connectivity index (χ0n) is 28.1. The van der Waals surface area contributed by atoms with Crippen LogP contribution >= 0.6 is 0 Å². The average Bonchev–Trinajstić information content (AvgIpc) is 3.07. The molecule has 0 aliphatic rings. The van der Waals surface area contributed by atoms with Crippen LogP contribution in [0.15, 0.2) is 94.7 Å². The predicted octanol–water partition coefficient (Wildman–Crippen LogP) is 6.54. The number of anilines is 2. The minimum atomic E-state index is -3.61. The van der Waals surface area contributed by atoms with Gasteiger partial charge in [-0.05, 0) is 109 Å². The first-order valence-electron chi connectivity index (χ1n) is 15.8. The number of carbonyl (C=O) groups excluding carboxylic acids is 2. The van der Waals surface area contributed by atoms with E-state index in [-0.39, 0.29) is 21.6 Å².